The van der Waals surface area contributed by atoms with E-state index in [-0.39, 0.29) is 11.6 Å². The molecule has 0 bridgehead atoms. The van der Waals surface area contributed by atoms with Gasteiger partial charge >= 0.3 is 5.97 Å². The van der Waals surface area contributed by atoms with Crippen LogP contribution in [0.5, 0.6) is 11.5 Å². The number of hydrogen-bond acceptors (Lipinski definition) is 6. The van der Waals surface area contributed by atoms with Crippen LogP contribution in [0.3, 0.4) is 0 Å². The maximum absolute atomic E-state index is 12.8. The van der Waals surface area contributed by atoms with Crippen molar-refractivity contribution in [1.82, 2.24) is 0 Å². The predicted molar refractivity (Wildman–Crippen MR) is 107 cm³/mol. The van der Waals surface area contributed by atoms with Crippen molar-refractivity contribution >= 4 is 40.9 Å². The van der Waals surface area contributed by atoms with Crippen LogP contribution in [0, 0.1) is 5.82 Å². The second-order valence-electron chi connectivity index (χ2n) is 5.52. The van der Waals surface area contributed by atoms with Crippen molar-refractivity contribution in [2.45, 2.75) is 5.75 Å². The molecule has 150 valence electrons. The van der Waals surface area contributed by atoms with Gasteiger partial charge in [0.1, 0.15) is 17.3 Å². The molecule has 2 aromatic rings. The quantitative estimate of drug-likeness (QED) is 0.611. The molecule has 0 aromatic heterocycles. The lowest BCUT2D eigenvalue weighted by molar-refractivity contribution is -0.144. The summed E-state index contributed by atoms with van der Waals surface area (Å²) in [4.78, 5) is 23.8. The molecule has 2 aromatic carbocycles. The summed E-state index contributed by atoms with van der Waals surface area (Å²) in [6.45, 7) is -0.442. The Morgan fingerprint density at radius 1 is 1.11 bits per heavy atom. The molecule has 0 unspecified atom stereocenters. The number of rotatable bonds is 9. The van der Waals surface area contributed by atoms with E-state index in [9.17, 15) is 14.0 Å². The van der Waals surface area contributed by atoms with E-state index in [1.165, 1.54) is 50.2 Å². The van der Waals surface area contributed by atoms with Gasteiger partial charge in [-0.1, -0.05) is 23.7 Å². The van der Waals surface area contributed by atoms with Crippen molar-refractivity contribution in [2.75, 3.05) is 31.9 Å². The van der Waals surface area contributed by atoms with E-state index < -0.39 is 18.5 Å². The van der Waals surface area contributed by atoms with Crippen LogP contribution >= 0.6 is 23.4 Å². The Labute approximate surface area is 171 Å². The molecular weight excluding hydrogens is 409 g/mol. The van der Waals surface area contributed by atoms with E-state index in [0.29, 0.717) is 28.0 Å². The number of methoxy groups -OCH3 is 2. The molecule has 0 saturated heterocycles. The van der Waals surface area contributed by atoms with E-state index in [2.05, 4.69) is 5.32 Å². The molecule has 2 rings (SSSR count). The van der Waals surface area contributed by atoms with Gasteiger partial charge in [0.2, 0.25) is 0 Å². The molecule has 1 amide bonds. The summed E-state index contributed by atoms with van der Waals surface area (Å²) < 4.78 is 28.1. The number of amides is 1. The van der Waals surface area contributed by atoms with E-state index >= 15 is 0 Å². The number of thioether (sulfide) groups is 1. The van der Waals surface area contributed by atoms with Gasteiger partial charge in [-0.15, -0.1) is 11.8 Å². The monoisotopic (exact) mass is 427 g/mol. The van der Waals surface area contributed by atoms with E-state index in [0.717, 1.165) is 5.56 Å². The zero-order valence-electron chi connectivity index (χ0n) is 15.3. The number of halogens is 2. The molecular formula is C19H19ClFNO5S. The Balaban J connectivity index is 1.78. The van der Waals surface area contributed by atoms with Crippen molar-refractivity contribution in [3.63, 3.8) is 0 Å². The normalized spacial score (nSPS) is 10.3. The average Bonchev–Trinajstić information content (AvgIpc) is 2.68. The molecule has 1 N–H and O–H groups in total. The fourth-order valence-corrected chi connectivity index (χ4v) is 3.19. The summed E-state index contributed by atoms with van der Waals surface area (Å²) in [6.07, 6.45) is 0. The predicted octanol–water partition coefficient (Wildman–Crippen LogP) is 3.91. The third kappa shape index (κ3) is 6.61. The van der Waals surface area contributed by atoms with Crippen LogP contribution in [0.2, 0.25) is 5.02 Å². The minimum Gasteiger partial charge on any atom is -0.495 e. The zero-order chi connectivity index (χ0) is 20.5. The van der Waals surface area contributed by atoms with Gasteiger partial charge < -0.3 is 19.5 Å². The van der Waals surface area contributed by atoms with E-state index in [1.807, 2.05) is 0 Å². The summed E-state index contributed by atoms with van der Waals surface area (Å²) in [5.41, 5.74) is 1.22. The first-order chi connectivity index (χ1) is 13.4. The Morgan fingerprint density at radius 2 is 1.79 bits per heavy atom. The smallest absolute Gasteiger partial charge is 0.316 e. The largest absolute Gasteiger partial charge is 0.495 e. The molecule has 0 aliphatic rings. The molecule has 0 aliphatic carbocycles. The van der Waals surface area contributed by atoms with Crippen molar-refractivity contribution in [1.29, 1.82) is 0 Å². The second kappa shape index (κ2) is 10.8. The van der Waals surface area contributed by atoms with Crippen LogP contribution in [0.25, 0.3) is 0 Å². The molecule has 6 nitrogen and oxygen atoms in total. The fraction of sp³-hybridized carbons (Fsp3) is 0.263. The van der Waals surface area contributed by atoms with Crippen LogP contribution in [-0.4, -0.2) is 38.5 Å². The zero-order valence-corrected chi connectivity index (χ0v) is 16.9. The van der Waals surface area contributed by atoms with Crippen LogP contribution in [0.1, 0.15) is 5.56 Å². The number of ether oxygens (including phenoxy) is 3. The number of carbonyl (C=O) groups is 2. The van der Waals surface area contributed by atoms with E-state index in [4.69, 9.17) is 25.8 Å². The molecule has 0 radical (unpaired) electrons. The van der Waals surface area contributed by atoms with Gasteiger partial charge in [-0.25, -0.2) is 4.39 Å². The minimum absolute atomic E-state index is 0.0718. The molecule has 0 saturated carbocycles. The first-order valence-corrected chi connectivity index (χ1v) is 9.65. The SMILES string of the molecule is COc1cc(OC)c(NC(=O)COC(=O)CSCc2ccc(F)cc2)cc1Cl. The highest BCUT2D eigenvalue weighted by Crippen LogP contribution is 2.35. The molecule has 9 heteroatoms. The van der Waals surface area contributed by atoms with Crippen LogP contribution < -0.4 is 14.8 Å². The van der Waals surface area contributed by atoms with Gasteiger partial charge in [-0.3, -0.25) is 9.59 Å². The second-order valence-corrected chi connectivity index (χ2v) is 6.91. The number of nitrogens with one attached hydrogen (secondary N) is 1. The van der Waals surface area contributed by atoms with Gasteiger partial charge in [0.15, 0.2) is 6.61 Å². The van der Waals surface area contributed by atoms with Crippen LogP contribution in [0.15, 0.2) is 36.4 Å². The van der Waals surface area contributed by atoms with Gasteiger partial charge in [0.25, 0.3) is 5.91 Å². The van der Waals surface area contributed by atoms with Gasteiger partial charge in [-0.05, 0) is 23.8 Å². The van der Waals surface area contributed by atoms with Crippen LogP contribution in [-0.2, 0) is 20.1 Å². The van der Waals surface area contributed by atoms with Crippen molar-refractivity contribution in [2.24, 2.45) is 0 Å². The van der Waals surface area contributed by atoms with E-state index in [1.54, 1.807) is 12.1 Å². The third-order valence-electron chi connectivity index (χ3n) is 3.51. The first-order valence-electron chi connectivity index (χ1n) is 8.12. The summed E-state index contributed by atoms with van der Waals surface area (Å²) in [5.74, 6) is -0.00452. The number of benzene rings is 2. The first kappa shape index (κ1) is 21.8. The molecule has 0 atom stereocenters. The lowest BCUT2D eigenvalue weighted by atomic mass is 10.2. The maximum Gasteiger partial charge on any atom is 0.316 e. The van der Waals surface area contributed by atoms with Crippen LogP contribution in [0.4, 0.5) is 10.1 Å². The lowest BCUT2D eigenvalue weighted by Gasteiger charge is -2.13. The number of hydrogen-bond donors (Lipinski definition) is 1. The summed E-state index contributed by atoms with van der Waals surface area (Å²) >= 11 is 7.35. The molecule has 28 heavy (non-hydrogen) atoms. The molecule has 0 aliphatic heterocycles. The Morgan fingerprint density at radius 3 is 2.43 bits per heavy atom. The Bertz CT molecular complexity index is 832. The minimum atomic E-state index is -0.531. The maximum atomic E-state index is 12.8. The highest BCUT2D eigenvalue weighted by atomic mass is 35.5. The molecule has 0 heterocycles. The Kier molecular flexibility index (Phi) is 8.41. The number of carbonyl (C=O) groups excluding carboxylic acids is 2. The molecule has 0 fully saturated rings. The highest BCUT2D eigenvalue weighted by molar-refractivity contribution is 7.99. The van der Waals surface area contributed by atoms with Gasteiger partial charge in [0.05, 0.1) is 30.7 Å². The van der Waals surface area contributed by atoms with Crippen molar-refractivity contribution < 1.29 is 28.2 Å². The summed E-state index contributed by atoms with van der Waals surface area (Å²) in [7, 11) is 2.91. The fourth-order valence-electron chi connectivity index (χ4n) is 2.16. The van der Waals surface area contributed by atoms with Crippen molar-refractivity contribution in [3.8, 4) is 11.5 Å². The summed E-state index contributed by atoms with van der Waals surface area (Å²) in [6, 6.07) is 9.03. The van der Waals surface area contributed by atoms with Gasteiger partial charge in [0, 0.05) is 11.8 Å². The third-order valence-corrected chi connectivity index (χ3v) is 4.79. The molecule has 0 spiro atoms. The number of esters is 1. The number of anilines is 1. The summed E-state index contributed by atoms with van der Waals surface area (Å²) in [5, 5.41) is 2.87. The topological polar surface area (TPSA) is 73.9 Å². The standard InChI is InChI=1S/C19H19ClFNO5S/c1-25-16-8-17(26-2)15(7-14(16)20)22-18(23)9-27-19(24)11-28-10-12-3-5-13(21)6-4-12/h3-8H,9-11H2,1-2H3,(H,22,23). The van der Waals surface area contributed by atoms with Crippen molar-refractivity contribution in [3.05, 3.63) is 52.8 Å². The lowest BCUT2D eigenvalue weighted by Crippen LogP contribution is -2.22. The Hall–Kier alpha value is -2.45. The van der Waals surface area contributed by atoms with Gasteiger partial charge in [-0.2, -0.15) is 0 Å². The highest BCUT2D eigenvalue weighted by Gasteiger charge is 2.14. The average molecular weight is 428 g/mol.